The zero-order valence-electron chi connectivity index (χ0n) is 33.6. The molecule has 0 fully saturated rings. The van der Waals surface area contributed by atoms with Crippen LogP contribution in [0.2, 0.25) is 5.04 Å². The van der Waals surface area contributed by atoms with Crippen LogP contribution in [0.3, 0.4) is 0 Å². The number of hydrogen-bond donors (Lipinski definition) is 1. The molecule has 0 amide bonds. The molecular formula is C49H49N3O6Si. The van der Waals surface area contributed by atoms with Crippen molar-refractivity contribution in [2.75, 3.05) is 6.61 Å². The maximum atomic E-state index is 10.9. The predicted molar refractivity (Wildman–Crippen MR) is 232 cm³/mol. The minimum atomic E-state index is -3.06. The highest BCUT2D eigenvalue weighted by molar-refractivity contribution is 6.99. The van der Waals surface area contributed by atoms with Crippen molar-refractivity contribution in [3.63, 3.8) is 0 Å². The molecule has 10 heteroatoms. The summed E-state index contributed by atoms with van der Waals surface area (Å²) in [6, 6.07) is 51.0. The predicted octanol–water partition coefficient (Wildman–Crippen LogP) is 8.66. The third-order valence-electron chi connectivity index (χ3n) is 10.6. The summed E-state index contributed by atoms with van der Waals surface area (Å²) in [5.41, 5.74) is 4.97. The molecule has 0 spiro atoms. The Balaban J connectivity index is 1.23. The van der Waals surface area contributed by atoms with Gasteiger partial charge in [0.1, 0.15) is 48.9 Å². The zero-order chi connectivity index (χ0) is 40.7. The lowest BCUT2D eigenvalue weighted by atomic mass is 10.1. The minimum Gasteiger partial charge on any atom is -0.535 e. The third kappa shape index (κ3) is 8.72. The monoisotopic (exact) mass is 803 g/mol. The molecule has 300 valence electrons. The van der Waals surface area contributed by atoms with Crippen molar-refractivity contribution in [3.05, 3.63) is 192 Å². The number of nitrogens with zero attached hydrogens (tertiary/aromatic N) is 3. The van der Waals surface area contributed by atoms with Gasteiger partial charge in [-0.25, -0.2) is 0 Å². The largest absolute Gasteiger partial charge is 0.535 e. The van der Waals surface area contributed by atoms with E-state index in [1.807, 2.05) is 120 Å². The van der Waals surface area contributed by atoms with E-state index < -0.39 is 20.5 Å². The first-order valence-corrected chi connectivity index (χ1v) is 21.9. The molecule has 1 aliphatic rings. The van der Waals surface area contributed by atoms with Gasteiger partial charge in [-0.3, -0.25) is 0 Å². The molecule has 3 heterocycles. The number of hydrogen-bond acceptors (Lipinski definition) is 8. The van der Waals surface area contributed by atoms with Crippen molar-refractivity contribution in [2.45, 2.75) is 64.6 Å². The van der Waals surface area contributed by atoms with Crippen molar-refractivity contribution >= 4 is 29.7 Å². The molecule has 0 unspecified atom stereocenters. The van der Waals surface area contributed by atoms with Gasteiger partial charge >= 0.3 is 14.3 Å². The van der Waals surface area contributed by atoms with E-state index in [1.165, 1.54) is 0 Å². The van der Waals surface area contributed by atoms with E-state index in [0.29, 0.717) is 29.3 Å². The zero-order valence-corrected chi connectivity index (χ0v) is 34.6. The van der Waals surface area contributed by atoms with Crippen molar-refractivity contribution in [3.8, 4) is 11.9 Å². The molecule has 1 aliphatic heterocycles. The summed E-state index contributed by atoms with van der Waals surface area (Å²) in [7, 11) is -3.06. The van der Waals surface area contributed by atoms with E-state index in [2.05, 4.69) is 69.3 Å². The molecular weight excluding hydrogens is 755 g/mol. The van der Waals surface area contributed by atoms with Gasteiger partial charge in [-0.15, -0.1) is 0 Å². The Morgan fingerprint density at radius 1 is 0.661 bits per heavy atom. The highest BCUT2D eigenvalue weighted by Gasteiger charge is 2.53. The SMILES string of the molecule is CC(C)(C)[Si](OC1=C[C@H](c2cn(COCc3ccccc3)c3c(OCc4ccccc4)nc(OCc4ccccc4)nc23)O[C@@H]1CO)(c1ccccc1)c1ccccc1. The van der Waals surface area contributed by atoms with Crippen LogP contribution in [-0.4, -0.2) is 40.7 Å². The molecule has 5 aromatic carbocycles. The molecule has 7 aromatic rings. The molecule has 0 saturated heterocycles. The molecule has 2 aromatic heterocycles. The molecule has 0 saturated carbocycles. The van der Waals surface area contributed by atoms with Gasteiger partial charge in [-0.2, -0.15) is 9.97 Å². The van der Waals surface area contributed by atoms with Gasteiger partial charge in [-0.1, -0.05) is 172 Å². The second-order valence-corrected chi connectivity index (χ2v) is 19.9. The lowest BCUT2D eigenvalue weighted by molar-refractivity contribution is 0.00751. The Morgan fingerprint density at radius 2 is 1.17 bits per heavy atom. The summed E-state index contributed by atoms with van der Waals surface area (Å²) in [6.45, 7) is 7.55. The summed E-state index contributed by atoms with van der Waals surface area (Å²) in [6.07, 6.45) is 2.60. The average Bonchev–Trinajstić information content (AvgIpc) is 3.86. The average molecular weight is 804 g/mol. The topological polar surface area (TPSA) is 97.1 Å². The van der Waals surface area contributed by atoms with Crippen LogP contribution in [0.25, 0.3) is 11.0 Å². The normalized spacial score (nSPS) is 15.6. The first-order valence-electron chi connectivity index (χ1n) is 20.0. The molecule has 59 heavy (non-hydrogen) atoms. The standard InChI is InChI=1S/C49H49N3O6Si/c1-49(2,3)59(39-25-15-7-16-26-39,40-27-17-8-18-28-40)58-43-29-42(57-44(43)31-53)41-30-52(35-54-32-36-19-9-4-10-20-36)46-45(41)50-48(56-34-38-23-13-6-14-24-38)51-47(46)55-33-37-21-11-5-12-22-37/h4-30,42,44,53H,31-35H2,1-3H3/t42-,44-/m1/s1. The Morgan fingerprint density at radius 3 is 1.69 bits per heavy atom. The molecule has 0 aliphatic carbocycles. The van der Waals surface area contributed by atoms with E-state index in [1.54, 1.807) is 0 Å². The van der Waals surface area contributed by atoms with Crippen molar-refractivity contribution in [2.24, 2.45) is 0 Å². The number of ether oxygens (including phenoxy) is 4. The van der Waals surface area contributed by atoms with Gasteiger partial charge in [0.15, 0.2) is 0 Å². The smallest absolute Gasteiger partial charge is 0.320 e. The summed E-state index contributed by atoms with van der Waals surface area (Å²) in [4.78, 5) is 9.87. The minimum absolute atomic E-state index is 0.165. The summed E-state index contributed by atoms with van der Waals surface area (Å²) >= 11 is 0. The Kier molecular flexibility index (Phi) is 12.0. The van der Waals surface area contributed by atoms with E-state index in [9.17, 15) is 5.11 Å². The number of aliphatic hydroxyl groups excluding tert-OH is 1. The second-order valence-electron chi connectivity index (χ2n) is 15.6. The second kappa shape index (κ2) is 17.8. The fourth-order valence-electron chi connectivity index (χ4n) is 7.69. The Hall–Kier alpha value is -6.04. The van der Waals surface area contributed by atoms with Gasteiger partial charge in [0, 0.05) is 11.8 Å². The van der Waals surface area contributed by atoms with Crippen LogP contribution >= 0.6 is 0 Å². The van der Waals surface area contributed by atoms with Crippen LogP contribution in [0.15, 0.2) is 170 Å². The maximum Gasteiger partial charge on any atom is 0.320 e. The lowest BCUT2D eigenvalue weighted by Gasteiger charge is -2.43. The number of benzene rings is 5. The molecule has 1 N–H and O–H groups in total. The molecule has 9 nitrogen and oxygen atoms in total. The van der Waals surface area contributed by atoms with Crippen LogP contribution in [0.4, 0.5) is 0 Å². The van der Waals surface area contributed by atoms with Gasteiger partial charge in [-0.05, 0) is 38.2 Å². The molecule has 2 atom stereocenters. The number of rotatable bonds is 16. The van der Waals surface area contributed by atoms with Crippen molar-refractivity contribution in [1.82, 2.24) is 14.5 Å². The van der Waals surface area contributed by atoms with E-state index >= 15 is 0 Å². The maximum absolute atomic E-state index is 10.9. The molecule has 0 radical (unpaired) electrons. The van der Waals surface area contributed by atoms with Crippen LogP contribution < -0.4 is 19.8 Å². The first kappa shape index (κ1) is 39.8. The highest BCUT2D eigenvalue weighted by Crippen LogP contribution is 2.43. The van der Waals surface area contributed by atoms with Crippen LogP contribution in [0.1, 0.15) is 49.1 Å². The Labute approximate surface area is 346 Å². The van der Waals surface area contributed by atoms with E-state index in [-0.39, 0.29) is 37.6 Å². The summed E-state index contributed by atoms with van der Waals surface area (Å²) < 4.78 is 35.2. The quantitative estimate of drug-likeness (QED) is 0.0971. The van der Waals surface area contributed by atoms with E-state index in [4.69, 9.17) is 33.3 Å². The third-order valence-corrected chi connectivity index (χ3v) is 15.5. The van der Waals surface area contributed by atoms with Crippen LogP contribution in [0.5, 0.6) is 11.9 Å². The van der Waals surface area contributed by atoms with Gasteiger partial charge < -0.3 is 33.0 Å². The van der Waals surface area contributed by atoms with Gasteiger partial charge in [0.05, 0.1) is 13.2 Å². The van der Waals surface area contributed by atoms with Gasteiger partial charge in [0.25, 0.3) is 0 Å². The van der Waals surface area contributed by atoms with Gasteiger partial charge in [0.2, 0.25) is 5.88 Å². The lowest BCUT2D eigenvalue weighted by Crippen LogP contribution is -2.66. The first-order chi connectivity index (χ1) is 28.8. The Bertz CT molecular complexity index is 2420. The fraction of sp³-hybridized carbons (Fsp3) is 0.224. The summed E-state index contributed by atoms with van der Waals surface area (Å²) in [5, 5.41) is 12.9. The van der Waals surface area contributed by atoms with E-state index in [0.717, 1.165) is 32.6 Å². The van der Waals surface area contributed by atoms with Crippen LogP contribution in [0, 0.1) is 0 Å². The number of aromatic nitrogens is 3. The van der Waals surface area contributed by atoms with Crippen molar-refractivity contribution < 1.29 is 28.5 Å². The molecule has 0 bridgehead atoms. The highest BCUT2D eigenvalue weighted by atomic mass is 28.4. The summed E-state index contributed by atoms with van der Waals surface area (Å²) in [5.74, 6) is 0.934. The molecule has 8 rings (SSSR count). The number of aliphatic hydroxyl groups is 1. The van der Waals surface area contributed by atoms with Crippen LogP contribution in [-0.2, 0) is 40.5 Å². The fourth-order valence-corrected chi connectivity index (χ4v) is 12.2. The number of fused-ring (bicyclic) bond motifs is 1. The van der Waals surface area contributed by atoms with Crippen molar-refractivity contribution in [1.29, 1.82) is 0 Å².